The average Bonchev–Trinajstić information content (AvgIpc) is 3.41. The normalized spacial score (nSPS) is 19.9. The van der Waals surface area contributed by atoms with Crippen LogP contribution in [0.25, 0.3) is 17.3 Å². The predicted molar refractivity (Wildman–Crippen MR) is 135 cm³/mol. The van der Waals surface area contributed by atoms with Crippen LogP contribution in [0.15, 0.2) is 69.9 Å². The van der Waals surface area contributed by atoms with E-state index in [1.165, 1.54) is 29.5 Å². The first-order chi connectivity index (χ1) is 15.7. The molecule has 1 amide bonds. The van der Waals surface area contributed by atoms with E-state index in [-0.39, 0.29) is 11.9 Å². The number of hydrogen-bond acceptors (Lipinski definition) is 5. The summed E-state index contributed by atoms with van der Waals surface area (Å²) in [4.78, 5) is 25.6. The van der Waals surface area contributed by atoms with Crippen LogP contribution >= 0.6 is 34.7 Å². The van der Waals surface area contributed by atoms with Gasteiger partial charge in [0.15, 0.2) is 5.17 Å². The van der Waals surface area contributed by atoms with Crippen LogP contribution in [0, 0.1) is 0 Å². The third-order valence-electron chi connectivity index (χ3n) is 5.72. The number of hydrogen-bond donors (Lipinski definition) is 0. The number of thiazole rings is 1. The maximum Gasteiger partial charge on any atom is 0.267 e. The van der Waals surface area contributed by atoms with Gasteiger partial charge >= 0.3 is 0 Å². The Balaban J connectivity index is 1.49. The van der Waals surface area contributed by atoms with Crippen LogP contribution in [0.4, 0.5) is 5.13 Å². The van der Waals surface area contributed by atoms with Crippen molar-refractivity contribution < 1.29 is 4.79 Å². The van der Waals surface area contributed by atoms with Crippen LogP contribution in [0.1, 0.15) is 37.7 Å². The molecule has 7 heteroatoms. The fourth-order valence-corrected chi connectivity index (χ4v) is 6.07. The Kier molecular flexibility index (Phi) is 6.44. The summed E-state index contributed by atoms with van der Waals surface area (Å²) >= 11 is 9.26. The molecule has 162 valence electrons. The number of amidine groups is 1. The van der Waals surface area contributed by atoms with E-state index in [1.54, 1.807) is 0 Å². The smallest absolute Gasteiger partial charge is 0.267 e. The molecule has 1 aliphatic heterocycles. The minimum atomic E-state index is 0.0143. The Bertz CT molecular complexity index is 1180. The molecule has 1 aromatic heterocycles. The van der Waals surface area contributed by atoms with Crippen LogP contribution in [0.3, 0.4) is 0 Å². The standard InChI is InChI=1S/C25H22ClN3OS2/c26-20-14-8-7-11-18(20)15-22-23(30)29(19-12-5-2-6-13-19)25(32-22)28-24-27-21(16-31-24)17-9-3-1-4-10-17/h1,3-4,7-11,14-16,19H,2,5-6,12-13H2/b22-15-,28-25+. The second kappa shape index (κ2) is 9.61. The van der Waals surface area contributed by atoms with Crippen molar-refractivity contribution >= 4 is 57.0 Å². The summed E-state index contributed by atoms with van der Waals surface area (Å²) in [5.41, 5.74) is 2.81. The van der Waals surface area contributed by atoms with Gasteiger partial charge in [-0.05, 0) is 42.3 Å². The van der Waals surface area contributed by atoms with Gasteiger partial charge in [0.1, 0.15) is 0 Å². The Morgan fingerprint density at radius 2 is 1.78 bits per heavy atom. The van der Waals surface area contributed by atoms with Crippen molar-refractivity contribution in [1.29, 1.82) is 0 Å². The Labute approximate surface area is 201 Å². The van der Waals surface area contributed by atoms with Gasteiger partial charge < -0.3 is 0 Å². The van der Waals surface area contributed by atoms with Gasteiger partial charge in [0, 0.05) is 22.0 Å². The molecular weight excluding hydrogens is 458 g/mol. The summed E-state index contributed by atoms with van der Waals surface area (Å²) in [7, 11) is 0. The van der Waals surface area contributed by atoms with Crippen molar-refractivity contribution in [3.8, 4) is 11.3 Å². The number of carbonyl (C=O) groups is 1. The molecular formula is C25H22ClN3OS2. The maximum absolute atomic E-state index is 13.4. The number of benzene rings is 2. The third-order valence-corrected chi connectivity index (χ3v) is 7.78. The van der Waals surface area contributed by atoms with E-state index in [0.29, 0.717) is 20.2 Å². The van der Waals surface area contributed by atoms with Crippen molar-refractivity contribution in [1.82, 2.24) is 9.88 Å². The van der Waals surface area contributed by atoms with Gasteiger partial charge in [0.25, 0.3) is 5.91 Å². The molecule has 3 aromatic rings. The molecule has 4 nitrogen and oxygen atoms in total. The molecule has 2 fully saturated rings. The number of carbonyl (C=O) groups excluding carboxylic acids is 1. The highest BCUT2D eigenvalue weighted by Crippen LogP contribution is 2.39. The van der Waals surface area contributed by atoms with E-state index in [2.05, 4.69) is 0 Å². The number of halogens is 1. The lowest BCUT2D eigenvalue weighted by Crippen LogP contribution is -2.40. The lowest BCUT2D eigenvalue weighted by Gasteiger charge is -2.30. The van der Waals surface area contributed by atoms with Gasteiger partial charge in [-0.3, -0.25) is 9.69 Å². The summed E-state index contributed by atoms with van der Waals surface area (Å²) < 4.78 is 0. The van der Waals surface area contributed by atoms with Crippen molar-refractivity contribution in [3.63, 3.8) is 0 Å². The zero-order chi connectivity index (χ0) is 21.9. The van der Waals surface area contributed by atoms with Gasteiger partial charge in [0.05, 0.1) is 10.6 Å². The van der Waals surface area contributed by atoms with Crippen molar-refractivity contribution in [3.05, 3.63) is 75.5 Å². The number of aromatic nitrogens is 1. The molecule has 0 unspecified atom stereocenters. The summed E-state index contributed by atoms with van der Waals surface area (Å²) in [6, 6.07) is 17.9. The molecule has 2 aromatic carbocycles. The van der Waals surface area contributed by atoms with E-state index >= 15 is 0 Å². The first-order valence-corrected chi connectivity index (χ1v) is 12.8. The maximum atomic E-state index is 13.4. The average molecular weight is 480 g/mol. The van der Waals surface area contributed by atoms with Crippen LogP contribution in [0.2, 0.25) is 5.02 Å². The molecule has 0 atom stereocenters. The highest BCUT2D eigenvalue weighted by molar-refractivity contribution is 8.18. The van der Waals surface area contributed by atoms with Gasteiger partial charge in [-0.1, -0.05) is 79.4 Å². The Hall–Kier alpha value is -2.41. The summed E-state index contributed by atoms with van der Waals surface area (Å²) in [6.45, 7) is 0. The van der Waals surface area contributed by atoms with Gasteiger partial charge in [-0.25, -0.2) is 4.98 Å². The molecule has 2 aliphatic rings. The summed E-state index contributed by atoms with van der Waals surface area (Å²) in [5.74, 6) is 0.0143. The fourth-order valence-electron chi connectivity index (χ4n) is 4.10. The van der Waals surface area contributed by atoms with E-state index in [0.717, 1.165) is 42.5 Å². The van der Waals surface area contributed by atoms with Crippen LogP contribution in [-0.4, -0.2) is 27.0 Å². The largest absolute Gasteiger partial charge is 0.283 e. The minimum absolute atomic E-state index is 0.0143. The molecule has 1 aliphatic carbocycles. The van der Waals surface area contributed by atoms with Crippen molar-refractivity contribution in [2.75, 3.05) is 0 Å². The lowest BCUT2D eigenvalue weighted by atomic mass is 9.94. The number of nitrogens with zero attached hydrogens (tertiary/aromatic N) is 3. The Morgan fingerprint density at radius 1 is 1.03 bits per heavy atom. The van der Waals surface area contributed by atoms with Crippen molar-refractivity contribution in [2.24, 2.45) is 4.99 Å². The molecule has 1 saturated heterocycles. The Morgan fingerprint density at radius 3 is 2.56 bits per heavy atom. The predicted octanol–water partition coefficient (Wildman–Crippen LogP) is 7.40. The van der Waals surface area contributed by atoms with Crippen LogP contribution < -0.4 is 0 Å². The molecule has 2 heterocycles. The van der Waals surface area contributed by atoms with Gasteiger partial charge in [-0.15, -0.1) is 11.3 Å². The molecule has 0 N–H and O–H groups in total. The summed E-state index contributed by atoms with van der Waals surface area (Å²) in [6.07, 6.45) is 7.42. The monoisotopic (exact) mass is 479 g/mol. The molecule has 1 saturated carbocycles. The second-order valence-corrected chi connectivity index (χ2v) is 10.1. The molecule has 5 rings (SSSR count). The fraction of sp³-hybridized carbons (Fsp3) is 0.240. The van der Waals surface area contributed by atoms with Gasteiger partial charge in [-0.2, -0.15) is 4.99 Å². The van der Waals surface area contributed by atoms with E-state index in [4.69, 9.17) is 21.6 Å². The highest BCUT2D eigenvalue weighted by atomic mass is 35.5. The molecule has 32 heavy (non-hydrogen) atoms. The van der Waals surface area contributed by atoms with Crippen molar-refractivity contribution in [2.45, 2.75) is 38.1 Å². The van der Waals surface area contributed by atoms with Crippen LogP contribution in [0.5, 0.6) is 0 Å². The SMILES string of the molecule is O=C1/C(=C/c2ccccc2Cl)S/C(=N/c2nc(-c3ccccc3)cs2)N1C1CCCCC1. The number of rotatable bonds is 4. The van der Waals surface area contributed by atoms with E-state index in [1.807, 2.05) is 71.0 Å². The van der Waals surface area contributed by atoms with Gasteiger partial charge in [0.2, 0.25) is 5.13 Å². The van der Waals surface area contributed by atoms with Crippen LogP contribution in [-0.2, 0) is 4.79 Å². The second-order valence-electron chi connectivity index (χ2n) is 7.87. The molecule has 0 spiro atoms. The topological polar surface area (TPSA) is 45.6 Å². The number of thioether (sulfide) groups is 1. The quantitative estimate of drug-likeness (QED) is 0.366. The lowest BCUT2D eigenvalue weighted by molar-refractivity contribution is -0.124. The third kappa shape index (κ3) is 4.53. The highest BCUT2D eigenvalue weighted by Gasteiger charge is 2.39. The van der Waals surface area contributed by atoms with E-state index < -0.39 is 0 Å². The molecule has 0 bridgehead atoms. The zero-order valence-corrected chi connectivity index (χ0v) is 19.8. The first kappa shape index (κ1) is 21.4. The number of aliphatic imine (C=N–C) groups is 1. The first-order valence-electron chi connectivity index (χ1n) is 10.8. The zero-order valence-electron chi connectivity index (χ0n) is 17.4. The minimum Gasteiger partial charge on any atom is -0.283 e. The summed E-state index contributed by atoms with van der Waals surface area (Å²) in [5, 5.41) is 4.03. The number of amides is 1. The van der Waals surface area contributed by atoms with E-state index in [9.17, 15) is 4.79 Å². The molecule has 0 radical (unpaired) electrons.